The molecule has 0 N–H and O–H groups in total. The molecule has 0 aliphatic carbocycles. The fourth-order valence-corrected chi connectivity index (χ4v) is 2.91. The van der Waals surface area contributed by atoms with Crippen LogP contribution < -0.4 is 4.90 Å². The molecule has 2 aromatic carbocycles. The van der Waals surface area contributed by atoms with Crippen molar-refractivity contribution in [3.63, 3.8) is 0 Å². The van der Waals surface area contributed by atoms with Crippen molar-refractivity contribution < 1.29 is 19.2 Å². The lowest BCUT2D eigenvalue weighted by Gasteiger charge is -2.15. The molecule has 1 aromatic heterocycles. The van der Waals surface area contributed by atoms with Crippen LogP contribution in [0.4, 0.5) is 5.82 Å². The predicted molar refractivity (Wildman–Crippen MR) is 96.2 cm³/mol. The second kappa shape index (κ2) is 6.17. The number of fused-ring (bicyclic) bond motifs is 2. The average Bonchev–Trinajstić information content (AvgIpc) is 2.92. The summed E-state index contributed by atoms with van der Waals surface area (Å²) in [5, 5.41) is 1.25. The van der Waals surface area contributed by atoms with E-state index in [0.717, 1.165) is 5.39 Å². The Morgan fingerprint density at radius 3 is 2.30 bits per heavy atom. The molecule has 0 atom stereocenters. The maximum Gasteiger partial charge on any atom is 0.364 e. The third-order valence-electron chi connectivity index (χ3n) is 4.21. The van der Waals surface area contributed by atoms with Crippen LogP contribution in [0.1, 0.15) is 31.1 Å². The minimum Gasteiger partial charge on any atom is -0.362 e. The lowest BCUT2D eigenvalue weighted by molar-refractivity contribution is -0.0584. The highest BCUT2D eigenvalue weighted by Gasteiger charge is 2.38. The fourth-order valence-electron chi connectivity index (χ4n) is 2.91. The van der Waals surface area contributed by atoms with Gasteiger partial charge in [-0.3, -0.25) is 9.59 Å². The Hall–Kier alpha value is -3.81. The molecule has 0 saturated heterocycles. The van der Waals surface area contributed by atoms with E-state index in [0.29, 0.717) is 16.4 Å². The minimum absolute atomic E-state index is 0.169. The Kier molecular flexibility index (Phi) is 3.80. The first-order valence-electron chi connectivity index (χ1n) is 8.09. The number of nitrogens with zero attached hydrogens (tertiary/aromatic N) is 4. The van der Waals surface area contributed by atoms with E-state index in [-0.39, 0.29) is 16.7 Å². The van der Waals surface area contributed by atoms with E-state index in [4.69, 9.17) is 4.84 Å². The average molecular weight is 362 g/mol. The van der Waals surface area contributed by atoms with Gasteiger partial charge < -0.3 is 9.74 Å². The topological polar surface area (TPSA) is 92.7 Å². The number of benzene rings is 2. The number of rotatable bonds is 3. The van der Waals surface area contributed by atoms with Crippen molar-refractivity contribution in [1.29, 1.82) is 0 Å². The van der Waals surface area contributed by atoms with Gasteiger partial charge in [-0.25, -0.2) is 14.8 Å². The number of hydroxylamine groups is 2. The summed E-state index contributed by atoms with van der Waals surface area (Å²) < 4.78 is 0. The fraction of sp³-hybridized carbons (Fsp3) is 0.105. The molecule has 1 aliphatic rings. The first kappa shape index (κ1) is 16.6. The lowest BCUT2D eigenvalue weighted by atomic mass is 10.1. The summed E-state index contributed by atoms with van der Waals surface area (Å²) >= 11 is 0. The van der Waals surface area contributed by atoms with Gasteiger partial charge in [0.2, 0.25) is 0 Å². The van der Waals surface area contributed by atoms with E-state index < -0.39 is 17.8 Å². The molecule has 2 heterocycles. The third-order valence-corrected chi connectivity index (χ3v) is 4.21. The number of amides is 2. The number of aromatic nitrogens is 2. The van der Waals surface area contributed by atoms with E-state index in [1.807, 2.05) is 19.0 Å². The van der Waals surface area contributed by atoms with Crippen molar-refractivity contribution in [3.8, 4) is 0 Å². The SMILES string of the molecule is CN(C)c1ncnc2cc(C(=O)ON3C(=O)c4ccccc4C3=O)ccc12. The Bertz CT molecular complexity index is 1070. The zero-order valence-corrected chi connectivity index (χ0v) is 14.5. The van der Waals surface area contributed by atoms with Gasteiger partial charge in [0.1, 0.15) is 12.1 Å². The maximum absolute atomic E-state index is 12.5. The molecule has 3 aromatic rings. The molecule has 0 bridgehead atoms. The van der Waals surface area contributed by atoms with E-state index in [9.17, 15) is 14.4 Å². The van der Waals surface area contributed by atoms with Crippen LogP contribution >= 0.6 is 0 Å². The third kappa shape index (κ3) is 2.67. The molecule has 27 heavy (non-hydrogen) atoms. The molecule has 0 spiro atoms. The van der Waals surface area contributed by atoms with Crippen molar-refractivity contribution >= 4 is 34.5 Å². The van der Waals surface area contributed by atoms with Crippen LogP contribution in [0, 0.1) is 0 Å². The lowest BCUT2D eigenvalue weighted by Crippen LogP contribution is -2.32. The van der Waals surface area contributed by atoms with Gasteiger partial charge in [0.25, 0.3) is 11.8 Å². The van der Waals surface area contributed by atoms with E-state index >= 15 is 0 Å². The largest absolute Gasteiger partial charge is 0.364 e. The van der Waals surface area contributed by atoms with Crippen LogP contribution in [0.15, 0.2) is 48.8 Å². The number of hydrogen-bond donors (Lipinski definition) is 0. The van der Waals surface area contributed by atoms with Gasteiger partial charge in [0.15, 0.2) is 0 Å². The van der Waals surface area contributed by atoms with Crippen molar-refractivity contribution in [1.82, 2.24) is 15.0 Å². The maximum atomic E-state index is 12.5. The first-order chi connectivity index (χ1) is 13.0. The zero-order valence-electron chi connectivity index (χ0n) is 14.5. The van der Waals surface area contributed by atoms with Gasteiger partial charge in [-0.15, -0.1) is 0 Å². The number of hydrogen-bond acceptors (Lipinski definition) is 7. The molecule has 134 valence electrons. The Morgan fingerprint density at radius 2 is 1.67 bits per heavy atom. The van der Waals surface area contributed by atoms with Crippen LogP contribution in [0.5, 0.6) is 0 Å². The molecule has 4 rings (SSSR count). The van der Waals surface area contributed by atoms with Gasteiger partial charge >= 0.3 is 5.97 Å². The van der Waals surface area contributed by atoms with Crippen LogP contribution in [0.25, 0.3) is 10.9 Å². The summed E-state index contributed by atoms with van der Waals surface area (Å²) in [4.78, 5) is 52.4. The van der Waals surface area contributed by atoms with Gasteiger partial charge in [0.05, 0.1) is 22.2 Å². The number of anilines is 1. The van der Waals surface area contributed by atoms with Crippen molar-refractivity contribution in [2.24, 2.45) is 0 Å². The van der Waals surface area contributed by atoms with Crippen LogP contribution in [0.3, 0.4) is 0 Å². The second-order valence-corrected chi connectivity index (χ2v) is 6.15. The summed E-state index contributed by atoms with van der Waals surface area (Å²) in [7, 11) is 3.71. The second-order valence-electron chi connectivity index (χ2n) is 6.15. The highest BCUT2D eigenvalue weighted by Crippen LogP contribution is 2.25. The molecule has 0 saturated carbocycles. The number of carbonyl (C=O) groups excluding carboxylic acids is 3. The Balaban J connectivity index is 1.63. The smallest absolute Gasteiger partial charge is 0.362 e. The summed E-state index contributed by atoms with van der Waals surface area (Å²) in [6.07, 6.45) is 1.40. The van der Waals surface area contributed by atoms with Gasteiger partial charge in [-0.1, -0.05) is 17.2 Å². The number of carbonyl (C=O) groups is 3. The first-order valence-corrected chi connectivity index (χ1v) is 8.09. The quantitative estimate of drug-likeness (QED) is 0.659. The highest BCUT2D eigenvalue weighted by molar-refractivity contribution is 6.21. The summed E-state index contributed by atoms with van der Waals surface area (Å²) in [6.45, 7) is 0. The minimum atomic E-state index is -0.823. The molecular weight excluding hydrogens is 348 g/mol. The standard InChI is InChI=1S/C19H14N4O4/c1-22(2)16-14-8-7-11(9-15(14)20-10-21-16)19(26)27-23-17(24)12-5-3-4-6-13(12)18(23)25/h3-10H,1-2H3. The summed E-state index contributed by atoms with van der Waals surface area (Å²) in [5.74, 6) is -1.44. The molecule has 1 aliphatic heterocycles. The predicted octanol–water partition coefficient (Wildman–Crippen LogP) is 2.06. The van der Waals surface area contributed by atoms with Crippen LogP contribution in [-0.2, 0) is 4.84 Å². The molecule has 0 unspecified atom stereocenters. The van der Waals surface area contributed by atoms with Crippen LogP contribution in [-0.4, -0.2) is 46.9 Å². The van der Waals surface area contributed by atoms with Crippen molar-refractivity contribution in [2.45, 2.75) is 0 Å². The summed E-state index contributed by atoms with van der Waals surface area (Å²) in [6, 6.07) is 11.1. The molecule has 8 heteroatoms. The molecule has 2 amide bonds. The number of imide groups is 1. The van der Waals surface area contributed by atoms with Gasteiger partial charge in [0, 0.05) is 19.5 Å². The van der Waals surface area contributed by atoms with Gasteiger partial charge in [-0.2, -0.15) is 0 Å². The molecular formula is C19H14N4O4. The monoisotopic (exact) mass is 362 g/mol. The Labute approximate surface area is 154 Å². The highest BCUT2D eigenvalue weighted by atomic mass is 16.7. The van der Waals surface area contributed by atoms with Crippen molar-refractivity contribution in [2.75, 3.05) is 19.0 Å². The van der Waals surface area contributed by atoms with E-state index in [1.54, 1.807) is 24.3 Å². The molecule has 0 radical (unpaired) electrons. The van der Waals surface area contributed by atoms with E-state index in [2.05, 4.69) is 9.97 Å². The van der Waals surface area contributed by atoms with E-state index in [1.165, 1.54) is 24.5 Å². The molecule has 0 fully saturated rings. The normalized spacial score (nSPS) is 13.0. The molecule has 8 nitrogen and oxygen atoms in total. The van der Waals surface area contributed by atoms with Crippen LogP contribution in [0.2, 0.25) is 0 Å². The summed E-state index contributed by atoms with van der Waals surface area (Å²) in [5.41, 5.74) is 1.13. The van der Waals surface area contributed by atoms with Gasteiger partial charge in [-0.05, 0) is 30.3 Å². The Morgan fingerprint density at radius 1 is 1.00 bits per heavy atom. The van der Waals surface area contributed by atoms with Crippen molar-refractivity contribution in [3.05, 3.63) is 65.5 Å². The zero-order chi connectivity index (χ0) is 19.1.